The molecule has 0 unspecified atom stereocenters. The monoisotopic (exact) mass is 194 g/mol. The molecular weight excluding hydrogens is 176 g/mol. The van der Waals surface area contributed by atoms with Crippen molar-refractivity contribution in [2.75, 3.05) is 18.4 Å². The van der Waals surface area contributed by atoms with Crippen LogP contribution in [0.1, 0.15) is 19.5 Å². The normalized spacial score (nSPS) is 15.1. The summed E-state index contributed by atoms with van der Waals surface area (Å²) in [7, 11) is 0. The van der Waals surface area contributed by atoms with Crippen LogP contribution in [0.4, 0.5) is 5.82 Å². The van der Waals surface area contributed by atoms with Crippen molar-refractivity contribution in [3.63, 3.8) is 0 Å². The Bertz CT molecular complexity index is 271. The Morgan fingerprint density at radius 2 is 2.07 bits per heavy atom. The first-order valence-corrected chi connectivity index (χ1v) is 5.10. The van der Waals surface area contributed by atoms with Crippen LogP contribution in [-0.4, -0.2) is 29.1 Å². The van der Waals surface area contributed by atoms with Crippen molar-refractivity contribution in [3.8, 4) is 0 Å². The van der Waals surface area contributed by atoms with E-state index >= 15 is 0 Å². The SMILES string of the molecule is CC.Cc1cc(NC2CNC2)ncn1. The number of nitrogens with zero attached hydrogens (tertiary/aromatic N) is 2. The van der Waals surface area contributed by atoms with Crippen molar-refractivity contribution >= 4 is 5.82 Å². The van der Waals surface area contributed by atoms with Crippen LogP contribution >= 0.6 is 0 Å². The van der Waals surface area contributed by atoms with E-state index in [2.05, 4.69) is 20.6 Å². The number of aryl methyl sites for hydroxylation is 1. The van der Waals surface area contributed by atoms with Crippen LogP contribution in [0.15, 0.2) is 12.4 Å². The van der Waals surface area contributed by atoms with Gasteiger partial charge in [-0.15, -0.1) is 0 Å². The van der Waals surface area contributed by atoms with Crippen LogP contribution in [-0.2, 0) is 0 Å². The fourth-order valence-corrected chi connectivity index (χ4v) is 1.13. The minimum absolute atomic E-state index is 0.541. The molecule has 4 nitrogen and oxygen atoms in total. The van der Waals surface area contributed by atoms with E-state index in [0.29, 0.717) is 6.04 Å². The van der Waals surface area contributed by atoms with E-state index < -0.39 is 0 Å². The van der Waals surface area contributed by atoms with E-state index in [9.17, 15) is 0 Å². The highest BCUT2D eigenvalue weighted by Gasteiger charge is 2.16. The van der Waals surface area contributed by atoms with E-state index in [0.717, 1.165) is 24.6 Å². The number of hydrogen-bond acceptors (Lipinski definition) is 4. The van der Waals surface area contributed by atoms with Gasteiger partial charge in [0.25, 0.3) is 0 Å². The summed E-state index contributed by atoms with van der Waals surface area (Å²) in [5.74, 6) is 0.925. The van der Waals surface area contributed by atoms with E-state index in [-0.39, 0.29) is 0 Å². The largest absolute Gasteiger partial charge is 0.365 e. The first-order valence-electron chi connectivity index (χ1n) is 5.10. The highest BCUT2D eigenvalue weighted by Crippen LogP contribution is 2.06. The lowest BCUT2D eigenvalue weighted by Gasteiger charge is -2.28. The van der Waals surface area contributed by atoms with Gasteiger partial charge in [-0.3, -0.25) is 0 Å². The molecule has 0 aromatic carbocycles. The summed E-state index contributed by atoms with van der Waals surface area (Å²) in [5.41, 5.74) is 1.000. The summed E-state index contributed by atoms with van der Waals surface area (Å²) < 4.78 is 0. The summed E-state index contributed by atoms with van der Waals surface area (Å²) in [6.07, 6.45) is 1.59. The molecule has 0 aliphatic carbocycles. The zero-order chi connectivity index (χ0) is 10.4. The number of aromatic nitrogens is 2. The van der Waals surface area contributed by atoms with E-state index in [4.69, 9.17) is 0 Å². The van der Waals surface area contributed by atoms with Crippen LogP contribution in [0.25, 0.3) is 0 Å². The molecule has 14 heavy (non-hydrogen) atoms. The molecule has 2 N–H and O–H groups in total. The Morgan fingerprint density at radius 3 is 2.57 bits per heavy atom. The van der Waals surface area contributed by atoms with Crippen LogP contribution < -0.4 is 10.6 Å². The quantitative estimate of drug-likeness (QED) is 0.742. The zero-order valence-electron chi connectivity index (χ0n) is 9.04. The number of hydrogen-bond donors (Lipinski definition) is 2. The predicted molar refractivity (Wildman–Crippen MR) is 58.4 cm³/mol. The van der Waals surface area contributed by atoms with Crippen LogP contribution in [0.3, 0.4) is 0 Å². The Labute approximate surface area is 85.2 Å². The fraction of sp³-hybridized carbons (Fsp3) is 0.600. The molecule has 0 amide bonds. The van der Waals surface area contributed by atoms with Crippen molar-refractivity contribution in [3.05, 3.63) is 18.1 Å². The van der Waals surface area contributed by atoms with Gasteiger partial charge in [-0.2, -0.15) is 0 Å². The molecule has 1 fully saturated rings. The number of nitrogens with one attached hydrogen (secondary N) is 2. The van der Waals surface area contributed by atoms with Crippen LogP contribution in [0.5, 0.6) is 0 Å². The molecule has 1 aromatic heterocycles. The van der Waals surface area contributed by atoms with Gasteiger partial charge >= 0.3 is 0 Å². The maximum Gasteiger partial charge on any atom is 0.129 e. The molecule has 1 aliphatic rings. The second-order valence-corrected chi connectivity index (χ2v) is 3.04. The molecule has 0 saturated carbocycles. The average Bonchev–Trinajstić information content (AvgIpc) is 2.15. The molecule has 4 heteroatoms. The third-order valence-electron chi connectivity index (χ3n) is 1.94. The first-order chi connectivity index (χ1) is 6.84. The molecule has 2 rings (SSSR count). The van der Waals surface area contributed by atoms with E-state index in [1.807, 2.05) is 26.8 Å². The lowest BCUT2D eigenvalue weighted by atomic mass is 10.2. The Kier molecular flexibility index (Phi) is 4.32. The van der Waals surface area contributed by atoms with Crippen molar-refractivity contribution in [1.82, 2.24) is 15.3 Å². The topological polar surface area (TPSA) is 49.8 Å². The van der Waals surface area contributed by atoms with Crippen LogP contribution in [0.2, 0.25) is 0 Å². The van der Waals surface area contributed by atoms with Gasteiger partial charge in [0.05, 0.1) is 6.04 Å². The van der Waals surface area contributed by atoms with Gasteiger partial charge in [-0.25, -0.2) is 9.97 Å². The molecule has 0 radical (unpaired) electrons. The summed E-state index contributed by atoms with van der Waals surface area (Å²) in [6, 6.07) is 2.50. The molecule has 1 saturated heterocycles. The number of anilines is 1. The van der Waals surface area contributed by atoms with Gasteiger partial charge in [-0.05, 0) is 6.92 Å². The Morgan fingerprint density at radius 1 is 1.36 bits per heavy atom. The molecule has 0 atom stereocenters. The maximum atomic E-state index is 4.11. The smallest absolute Gasteiger partial charge is 0.129 e. The third kappa shape index (κ3) is 2.96. The molecule has 1 aromatic rings. The van der Waals surface area contributed by atoms with E-state index in [1.165, 1.54) is 0 Å². The Hall–Kier alpha value is -1.16. The van der Waals surface area contributed by atoms with Gasteiger partial charge in [0.1, 0.15) is 12.1 Å². The highest BCUT2D eigenvalue weighted by atomic mass is 15.1. The summed E-state index contributed by atoms with van der Waals surface area (Å²) >= 11 is 0. The predicted octanol–water partition coefficient (Wildman–Crippen LogP) is 1.19. The highest BCUT2D eigenvalue weighted by molar-refractivity contribution is 5.36. The summed E-state index contributed by atoms with van der Waals surface area (Å²) in [6.45, 7) is 8.03. The summed E-state index contributed by atoms with van der Waals surface area (Å²) in [4.78, 5) is 8.14. The van der Waals surface area contributed by atoms with Gasteiger partial charge in [-0.1, -0.05) is 13.8 Å². The standard InChI is InChI=1S/C8H12N4.C2H6/c1-6-2-8(11-5-10-6)12-7-3-9-4-7;1-2/h2,5,7,9H,3-4H2,1H3,(H,10,11,12);1-2H3. The van der Waals surface area contributed by atoms with Crippen molar-refractivity contribution in [1.29, 1.82) is 0 Å². The molecular formula is C10H18N4. The lowest BCUT2D eigenvalue weighted by molar-refractivity contribution is 0.471. The lowest BCUT2D eigenvalue weighted by Crippen LogP contribution is -2.51. The van der Waals surface area contributed by atoms with Crippen LogP contribution in [0, 0.1) is 6.92 Å². The summed E-state index contributed by atoms with van der Waals surface area (Å²) in [5, 5.41) is 6.50. The van der Waals surface area contributed by atoms with Crippen molar-refractivity contribution in [2.45, 2.75) is 26.8 Å². The first kappa shape index (κ1) is 10.9. The fourth-order valence-electron chi connectivity index (χ4n) is 1.13. The minimum atomic E-state index is 0.541. The van der Waals surface area contributed by atoms with E-state index in [1.54, 1.807) is 6.33 Å². The van der Waals surface area contributed by atoms with Crippen molar-refractivity contribution in [2.24, 2.45) is 0 Å². The average molecular weight is 194 g/mol. The van der Waals surface area contributed by atoms with Gasteiger partial charge in [0, 0.05) is 24.8 Å². The molecule has 0 spiro atoms. The molecule has 2 heterocycles. The zero-order valence-corrected chi connectivity index (χ0v) is 9.04. The molecule has 78 valence electrons. The molecule has 1 aliphatic heterocycles. The Balaban J connectivity index is 0.000000461. The minimum Gasteiger partial charge on any atom is -0.365 e. The van der Waals surface area contributed by atoms with Crippen molar-refractivity contribution < 1.29 is 0 Å². The molecule has 0 bridgehead atoms. The van der Waals surface area contributed by atoms with Gasteiger partial charge < -0.3 is 10.6 Å². The van der Waals surface area contributed by atoms with Gasteiger partial charge in [0.15, 0.2) is 0 Å². The number of rotatable bonds is 2. The van der Waals surface area contributed by atoms with Gasteiger partial charge in [0.2, 0.25) is 0 Å². The second-order valence-electron chi connectivity index (χ2n) is 3.04. The third-order valence-corrected chi connectivity index (χ3v) is 1.94. The maximum absolute atomic E-state index is 4.11. The second kappa shape index (κ2) is 5.54.